The van der Waals surface area contributed by atoms with Gasteiger partial charge in [-0.3, -0.25) is 21.1 Å². The largest absolute Gasteiger partial charge is 0.490 e. The Morgan fingerprint density at radius 1 is 0.930 bits per heavy atom. The van der Waals surface area contributed by atoms with Crippen molar-refractivity contribution in [1.29, 1.82) is 5.41 Å². The van der Waals surface area contributed by atoms with Crippen LogP contribution in [0.15, 0.2) is 66.7 Å². The van der Waals surface area contributed by atoms with Crippen molar-refractivity contribution in [2.45, 2.75) is 26.1 Å². The summed E-state index contributed by atoms with van der Waals surface area (Å²) in [6.07, 6.45) is -5.08. The van der Waals surface area contributed by atoms with Crippen LogP contribution in [-0.4, -0.2) is 53.3 Å². The van der Waals surface area contributed by atoms with Gasteiger partial charge in [-0.2, -0.15) is 13.2 Å². The molecule has 3 aromatic carbocycles. The lowest BCUT2D eigenvalue weighted by molar-refractivity contribution is -0.192. The number of nitrogens with two attached hydrogens (primary N) is 1. The monoisotopic (exact) mass is 605 g/mol. The fourth-order valence-electron chi connectivity index (χ4n) is 3.44. The number of carbonyl (C=O) groups is 3. The molecule has 15 heteroatoms. The second kappa shape index (κ2) is 15.5. The third-order valence-electron chi connectivity index (χ3n) is 5.39. The summed E-state index contributed by atoms with van der Waals surface area (Å²) in [6, 6.07) is 17.3. The fraction of sp³-hybridized carbons (Fsp3) is 0.214. The molecule has 0 bridgehead atoms. The van der Waals surface area contributed by atoms with E-state index in [1.807, 2.05) is 13.8 Å². The van der Waals surface area contributed by atoms with Crippen LogP contribution in [0.5, 0.6) is 11.5 Å². The molecule has 0 aliphatic rings. The van der Waals surface area contributed by atoms with Gasteiger partial charge in [0.25, 0.3) is 5.91 Å². The van der Waals surface area contributed by atoms with Crippen LogP contribution in [-0.2, 0) is 9.59 Å². The number of para-hydroxylation sites is 1. The molecule has 1 atom stereocenters. The standard InChI is InChI=1S/C26H29N5O5.C2HF3O2/c1-3-35-21-14-11-17(15-22(21)36-4-2)23(29-18-12-9-16(10-13-18)24(27)28)25(32)31-30-20-8-6-5-7-19(20)26(33)34;3-2(4,5)1(6)7/h5-15,23,29-30H,3-4H2,1-2H3,(H3,27,28)(H,31,32)(H,33,34);(H,6,7). The third-order valence-corrected chi connectivity index (χ3v) is 5.39. The molecule has 230 valence electrons. The smallest absolute Gasteiger partial charge is 0.490 e. The van der Waals surface area contributed by atoms with Crippen molar-refractivity contribution < 1.29 is 47.2 Å². The number of carboxylic acids is 2. The molecule has 0 aliphatic heterocycles. The minimum atomic E-state index is -5.08. The first-order valence-electron chi connectivity index (χ1n) is 12.6. The Hall–Kier alpha value is -5.47. The van der Waals surface area contributed by atoms with Gasteiger partial charge in [0.15, 0.2) is 11.5 Å². The van der Waals surface area contributed by atoms with E-state index in [-0.39, 0.29) is 17.1 Å². The highest BCUT2D eigenvalue weighted by Crippen LogP contribution is 2.32. The Morgan fingerprint density at radius 3 is 2.05 bits per heavy atom. The number of aliphatic carboxylic acids is 1. The normalized spacial score (nSPS) is 11.2. The number of ether oxygens (including phenoxy) is 2. The van der Waals surface area contributed by atoms with Crippen LogP contribution >= 0.6 is 0 Å². The van der Waals surface area contributed by atoms with Crippen molar-refractivity contribution in [2.24, 2.45) is 5.73 Å². The van der Waals surface area contributed by atoms with Crippen molar-refractivity contribution in [1.82, 2.24) is 5.43 Å². The first-order chi connectivity index (χ1) is 20.3. The highest BCUT2D eigenvalue weighted by Gasteiger charge is 2.38. The summed E-state index contributed by atoms with van der Waals surface area (Å²) < 4.78 is 43.1. The summed E-state index contributed by atoms with van der Waals surface area (Å²) in [5, 5.41) is 27.3. The summed E-state index contributed by atoms with van der Waals surface area (Å²) in [5.74, 6) is -3.37. The molecule has 0 aliphatic carbocycles. The fourth-order valence-corrected chi connectivity index (χ4v) is 3.44. The lowest BCUT2D eigenvalue weighted by Gasteiger charge is -2.22. The average molecular weight is 606 g/mol. The number of hydrazine groups is 1. The maximum absolute atomic E-state index is 13.3. The van der Waals surface area contributed by atoms with Crippen LogP contribution in [0, 0.1) is 5.41 Å². The summed E-state index contributed by atoms with van der Waals surface area (Å²) in [5.41, 5.74) is 12.8. The van der Waals surface area contributed by atoms with E-state index in [1.165, 1.54) is 6.07 Å². The van der Waals surface area contributed by atoms with Crippen LogP contribution in [0.1, 0.15) is 41.4 Å². The molecule has 1 amide bonds. The van der Waals surface area contributed by atoms with Gasteiger partial charge in [0.2, 0.25) is 0 Å². The molecule has 0 heterocycles. The van der Waals surface area contributed by atoms with Gasteiger partial charge < -0.3 is 30.7 Å². The highest BCUT2D eigenvalue weighted by atomic mass is 19.4. The Balaban J connectivity index is 0.000000821. The molecule has 0 saturated carbocycles. The van der Waals surface area contributed by atoms with Crippen molar-refractivity contribution in [3.8, 4) is 11.5 Å². The number of anilines is 2. The zero-order valence-corrected chi connectivity index (χ0v) is 23.0. The number of carboxylic acid groups (broad SMARTS) is 2. The van der Waals surface area contributed by atoms with Gasteiger partial charge in [-0.15, -0.1) is 0 Å². The van der Waals surface area contributed by atoms with Crippen molar-refractivity contribution in [3.05, 3.63) is 83.4 Å². The lowest BCUT2D eigenvalue weighted by Crippen LogP contribution is -2.37. The van der Waals surface area contributed by atoms with Gasteiger partial charge in [0, 0.05) is 11.3 Å². The number of benzene rings is 3. The third kappa shape index (κ3) is 10.1. The van der Waals surface area contributed by atoms with Gasteiger partial charge in [-0.05, 0) is 67.9 Å². The Morgan fingerprint density at radius 2 is 1.51 bits per heavy atom. The molecule has 43 heavy (non-hydrogen) atoms. The van der Waals surface area contributed by atoms with Gasteiger partial charge in [-0.25, -0.2) is 9.59 Å². The number of amidine groups is 1. The maximum atomic E-state index is 13.3. The van der Waals surface area contributed by atoms with Crippen LogP contribution in [0.25, 0.3) is 0 Å². The molecule has 0 aromatic heterocycles. The van der Waals surface area contributed by atoms with Crippen molar-refractivity contribution >= 4 is 35.1 Å². The molecule has 3 aromatic rings. The van der Waals surface area contributed by atoms with Crippen LogP contribution in [0.3, 0.4) is 0 Å². The van der Waals surface area contributed by atoms with Gasteiger partial charge in [0.1, 0.15) is 11.9 Å². The number of halogens is 3. The summed E-state index contributed by atoms with van der Waals surface area (Å²) in [4.78, 5) is 33.8. The van der Waals surface area contributed by atoms with E-state index in [2.05, 4.69) is 16.2 Å². The molecular weight excluding hydrogens is 575 g/mol. The second-order valence-corrected chi connectivity index (χ2v) is 8.41. The summed E-state index contributed by atoms with van der Waals surface area (Å²) in [7, 11) is 0. The highest BCUT2D eigenvalue weighted by molar-refractivity contribution is 5.96. The van der Waals surface area contributed by atoms with E-state index < -0.39 is 30.1 Å². The van der Waals surface area contributed by atoms with Crippen molar-refractivity contribution in [2.75, 3.05) is 24.0 Å². The zero-order chi connectivity index (χ0) is 32.2. The molecule has 3 rings (SSSR count). The van der Waals surface area contributed by atoms with E-state index in [1.54, 1.807) is 60.7 Å². The van der Waals surface area contributed by atoms with E-state index in [0.29, 0.717) is 41.5 Å². The number of aromatic carboxylic acids is 1. The quantitative estimate of drug-likeness (QED) is 0.0883. The van der Waals surface area contributed by atoms with Crippen LogP contribution in [0.2, 0.25) is 0 Å². The number of amides is 1. The number of alkyl halides is 3. The van der Waals surface area contributed by atoms with E-state index in [9.17, 15) is 27.9 Å². The van der Waals surface area contributed by atoms with Gasteiger partial charge >= 0.3 is 18.1 Å². The van der Waals surface area contributed by atoms with Gasteiger partial charge in [-0.1, -0.05) is 18.2 Å². The Labute approximate surface area is 244 Å². The number of hydrogen-bond donors (Lipinski definition) is 7. The number of rotatable bonds is 12. The van der Waals surface area contributed by atoms with Crippen LogP contribution < -0.4 is 31.4 Å². The van der Waals surface area contributed by atoms with Gasteiger partial charge in [0.05, 0.1) is 24.5 Å². The molecule has 8 N–H and O–H groups in total. The van der Waals surface area contributed by atoms with E-state index in [4.69, 9.17) is 30.5 Å². The zero-order valence-electron chi connectivity index (χ0n) is 23.0. The molecule has 0 fully saturated rings. The molecular formula is C28H30F3N5O7. The first-order valence-corrected chi connectivity index (χ1v) is 12.6. The minimum absolute atomic E-state index is 0.0156. The number of hydrogen-bond acceptors (Lipinski definition) is 8. The minimum Gasteiger partial charge on any atom is -0.490 e. The molecule has 1 unspecified atom stereocenters. The summed E-state index contributed by atoms with van der Waals surface area (Å²) in [6.45, 7) is 4.59. The van der Waals surface area contributed by atoms with E-state index in [0.717, 1.165) is 0 Å². The van der Waals surface area contributed by atoms with Crippen molar-refractivity contribution in [3.63, 3.8) is 0 Å². The predicted octanol–water partition coefficient (Wildman–Crippen LogP) is 4.40. The predicted molar refractivity (Wildman–Crippen MR) is 151 cm³/mol. The SMILES string of the molecule is CCOc1ccc(C(Nc2ccc(C(=N)N)cc2)C(=O)NNc2ccccc2C(=O)O)cc1OCC.O=C(O)C(F)(F)F. The Kier molecular flexibility index (Phi) is 12.2. The topological polar surface area (TPSA) is 196 Å². The Bertz CT molecular complexity index is 1430. The number of nitrogen functional groups attached to an aromatic ring is 1. The first kappa shape index (κ1) is 33.7. The second-order valence-electron chi connectivity index (χ2n) is 8.41. The maximum Gasteiger partial charge on any atom is 0.490 e. The average Bonchev–Trinajstić information content (AvgIpc) is 2.96. The molecule has 12 nitrogen and oxygen atoms in total. The molecule has 0 spiro atoms. The molecule has 0 saturated heterocycles. The van der Waals surface area contributed by atoms with Crippen LogP contribution in [0.4, 0.5) is 24.5 Å². The lowest BCUT2D eigenvalue weighted by atomic mass is 10.0. The van der Waals surface area contributed by atoms with E-state index >= 15 is 0 Å². The molecule has 0 radical (unpaired) electrons. The summed E-state index contributed by atoms with van der Waals surface area (Å²) >= 11 is 0. The number of carbonyl (C=O) groups excluding carboxylic acids is 1. The number of nitrogens with one attached hydrogen (secondary N) is 4.